The summed E-state index contributed by atoms with van der Waals surface area (Å²) in [7, 11) is 0. The summed E-state index contributed by atoms with van der Waals surface area (Å²) in [4.78, 5) is 19.6. The van der Waals surface area contributed by atoms with Crippen LogP contribution in [0.3, 0.4) is 0 Å². The maximum Gasteiger partial charge on any atom is 0.273 e. The summed E-state index contributed by atoms with van der Waals surface area (Å²) >= 11 is 4.90. The van der Waals surface area contributed by atoms with Crippen molar-refractivity contribution < 1.29 is 4.79 Å². The molecule has 19 heavy (non-hydrogen) atoms. The second kappa shape index (κ2) is 5.02. The van der Waals surface area contributed by atoms with Gasteiger partial charge in [-0.25, -0.2) is 0 Å². The van der Waals surface area contributed by atoms with Gasteiger partial charge in [-0.05, 0) is 42.6 Å². The number of amides is 1. The van der Waals surface area contributed by atoms with Gasteiger partial charge in [-0.15, -0.1) is 0 Å². The molecule has 1 aliphatic heterocycles. The molecular weight excluding hydrogens is 326 g/mol. The van der Waals surface area contributed by atoms with Crippen molar-refractivity contribution >= 4 is 33.4 Å². The van der Waals surface area contributed by atoms with Crippen molar-refractivity contribution in [2.45, 2.75) is 19.9 Å². The van der Waals surface area contributed by atoms with Crippen LogP contribution in [0, 0.1) is 6.92 Å². The summed E-state index contributed by atoms with van der Waals surface area (Å²) in [5, 5.41) is 0. The summed E-state index contributed by atoms with van der Waals surface area (Å²) < 4.78 is 5.26. The highest BCUT2D eigenvalue weighted by Gasteiger charge is 2.25. The summed E-state index contributed by atoms with van der Waals surface area (Å²) in [6.45, 7) is 3.23. The largest absolute Gasteiger partial charge is 0.331 e. The molecule has 0 N–H and O–H groups in total. The second-order valence-corrected chi connectivity index (χ2v) is 6.38. The Morgan fingerprint density at radius 2 is 2.37 bits per heavy atom. The third-order valence-electron chi connectivity index (χ3n) is 3.19. The Bertz CT molecular complexity index is 641. The van der Waals surface area contributed by atoms with Crippen LogP contribution in [0.1, 0.15) is 26.6 Å². The quantitative estimate of drug-likeness (QED) is 0.803. The Labute approximate surface area is 123 Å². The maximum absolute atomic E-state index is 12.3. The highest BCUT2D eigenvalue weighted by atomic mass is 79.9. The zero-order valence-corrected chi connectivity index (χ0v) is 12.8. The number of carbonyl (C=O) groups is 1. The van der Waals surface area contributed by atoms with Crippen molar-refractivity contribution in [2.75, 3.05) is 6.54 Å². The van der Waals surface area contributed by atoms with E-state index in [0.717, 1.165) is 21.5 Å². The van der Waals surface area contributed by atoms with Gasteiger partial charge in [0.2, 0.25) is 0 Å². The van der Waals surface area contributed by atoms with Crippen molar-refractivity contribution in [3.05, 3.63) is 44.6 Å². The molecule has 0 spiro atoms. The van der Waals surface area contributed by atoms with Crippen LogP contribution in [0.2, 0.25) is 0 Å². The Balaban J connectivity index is 1.84. The van der Waals surface area contributed by atoms with Crippen LogP contribution in [0.25, 0.3) is 0 Å². The number of hydrogen-bond donors (Lipinski definition) is 0. The first-order valence-corrected chi connectivity index (χ1v) is 7.56. The number of pyridine rings is 1. The molecule has 1 aliphatic rings. The fourth-order valence-corrected chi connectivity index (χ4v) is 3.30. The smallest absolute Gasteiger partial charge is 0.273 e. The summed E-state index contributed by atoms with van der Waals surface area (Å²) in [5.74, 6) is -0.00299. The topological polar surface area (TPSA) is 46.1 Å². The van der Waals surface area contributed by atoms with E-state index in [9.17, 15) is 4.79 Å². The van der Waals surface area contributed by atoms with Gasteiger partial charge in [0, 0.05) is 22.1 Å². The lowest BCUT2D eigenvalue weighted by Crippen LogP contribution is -2.36. The average Bonchev–Trinajstić information content (AvgIpc) is 2.84. The first-order valence-electron chi connectivity index (χ1n) is 6.00. The zero-order valence-electron chi connectivity index (χ0n) is 10.4. The van der Waals surface area contributed by atoms with E-state index >= 15 is 0 Å². The van der Waals surface area contributed by atoms with Gasteiger partial charge in [-0.1, -0.05) is 15.9 Å². The molecule has 98 valence electrons. The molecule has 0 bridgehead atoms. The first kappa shape index (κ1) is 12.7. The minimum Gasteiger partial charge on any atom is -0.331 e. The number of aromatic nitrogens is 2. The van der Waals surface area contributed by atoms with Gasteiger partial charge in [0.05, 0.1) is 12.2 Å². The molecular formula is C13H12BrN3OS. The van der Waals surface area contributed by atoms with Gasteiger partial charge in [-0.2, -0.15) is 4.37 Å². The summed E-state index contributed by atoms with van der Waals surface area (Å²) in [5.41, 5.74) is 2.72. The lowest BCUT2D eigenvalue weighted by Gasteiger charge is -2.28. The molecule has 0 atom stereocenters. The van der Waals surface area contributed by atoms with Gasteiger partial charge in [-0.3, -0.25) is 9.78 Å². The molecule has 0 aromatic carbocycles. The third-order valence-corrected chi connectivity index (χ3v) is 4.63. The van der Waals surface area contributed by atoms with Crippen LogP contribution in [-0.2, 0) is 13.0 Å². The van der Waals surface area contributed by atoms with E-state index in [-0.39, 0.29) is 5.91 Å². The Morgan fingerprint density at radius 3 is 3.11 bits per heavy atom. The standard InChI is InChI=1S/C13H12BrN3OS/c1-8-6-11(16-19-8)13(18)17-5-3-9-10(14)2-4-15-12(9)7-17/h2,4,6H,3,5,7H2,1H3. The highest BCUT2D eigenvalue weighted by molar-refractivity contribution is 9.10. The van der Waals surface area contributed by atoms with Gasteiger partial charge < -0.3 is 4.90 Å². The van der Waals surface area contributed by atoms with E-state index < -0.39 is 0 Å². The number of halogens is 1. The van der Waals surface area contributed by atoms with Crippen LogP contribution in [0.4, 0.5) is 0 Å². The number of hydrogen-bond acceptors (Lipinski definition) is 4. The summed E-state index contributed by atoms with van der Waals surface area (Å²) in [6, 6.07) is 3.79. The molecule has 0 radical (unpaired) electrons. The Morgan fingerprint density at radius 1 is 1.53 bits per heavy atom. The van der Waals surface area contributed by atoms with E-state index in [4.69, 9.17) is 0 Å². The third kappa shape index (κ3) is 2.42. The van der Waals surface area contributed by atoms with Gasteiger partial charge in [0.25, 0.3) is 5.91 Å². The molecule has 2 aromatic rings. The van der Waals surface area contributed by atoms with Crippen molar-refractivity contribution in [3.8, 4) is 0 Å². The van der Waals surface area contributed by atoms with Gasteiger partial charge in [0.1, 0.15) is 5.69 Å². The minimum atomic E-state index is -0.00299. The van der Waals surface area contributed by atoms with Crippen molar-refractivity contribution in [2.24, 2.45) is 0 Å². The molecule has 6 heteroatoms. The number of aryl methyl sites for hydroxylation is 1. The van der Waals surface area contributed by atoms with Crippen LogP contribution < -0.4 is 0 Å². The van der Waals surface area contributed by atoms with Crippen molar-refractivity contribution in [1.29, 1.82) is 0 Å². The number of rotatable bonds is 1. The van der Waals surface area contributed by atoms with E-state index in [1.807, 2.05) is 24.0 Å². The molecule has 0 aliphatic carbocycles. The average molecular weight is 338 g/mol. The van der Waals surface area contributed by atoms with E-state index in [2.05, 4.69) is 25.3 Å². The number of nitrogens with zero attached hydrogens (tertiary/aromatic N) is 3. The monoisotopic (exact) mass is 337 g/mol. The first-order chi connectivity index (χ1) is 9.15. The lowest BCUT2D eigenvalue weighted by atomic mass is 10.0. The SMILES string of the molecule is Cc1cc(C(=O)N2CCc3c(Br)ccnc3C2)ns1. The van der Waals surface area contributed by atoms with E-state index in [1.54, 1.807) is 6.20 Å². The zero-order chi connectivity index (χ0) is 13.4. The molecule has 0 fully saturated rings. The molecule has 1 amide bonds. The van der Waals surface area contributed by atoms with Crippen LogP contribution >= 0.6 is 27.5 Å². The Kier molecular flexibility index (Phi) is 3.36. The number of fused-ring (bicyclic) bond motifs is 1. The number of carbonyl (C=O) groups excluding carboxylic acids is 1. The van der Waals surface area contributed by atoms with Gasteiger partial charge >= 0.3 is 0 Å². The molecule has 0 saturated heterocycles. The van der Waals surface area contributed by atoms with Gasteiger partial charge in [0.15, 0.2) is 0 Å². The fourth-order valence-electron chi connectivity index (χ4n) is 2.22. The second-order valence-electron chi connectivity index (χ2n) is 4.52. The molecule has 3 heterocycles. The van der Waals surface area contributed by atoms with Crippen LogP contribution in [0.5, 0.6) is 0 Å². The molecule has 0 saturated carbocycles. The maximum atomic E-state index is 12.3. The lowest BCUT2D eigenvalue weighted by molar-refractivity contribution is 0.0727. The molecule has 2 aromatic heterocycles. The van der Waals surface area contributed by atoms with E-state index in [1.165, 1.54) is 17.1 Å². The summed E-state index contributed by atoms with van der Waals surface area (Å²) in [6.07, 6.45) is 2.60. The van der Waals surface area contributed by atoms with E-state index in [0.29, 0.717) is 18.8 Å². The molecule has 0 unspecified atom stereocenters. The fraction of sp³-hybridized carbons (Fsp3) is 0.308. The predicted molar refractivity (Wildman–Crippen MR) is 77.2 cm³/mol. The predicted octanol–water partition coefficient (Wildman–Crippen LogP) is 2.81. The normalized spacial score (nSPS) is 14.3. The Hall–Kier alpha value is -1.27. The highest BCUT2D eigenvalue weighted by Crippen LogP contribution is 2.25. The van der Waals surface area contributed by atoms with Crippen molar-refractivity contribution in [1.82, 2.24) is 14.3 Å². The molecule has 4 nitrogen and oxygen atoms in total. The van der Waals surface area contributed by atoms with Crippen LogP contribution in [0.15, 0.2) is 22.8 Å². The van der Waals surface area contributed by atoms with Crippen molar-refractivity contribution in [3.63, 3.8) is 0 Å². The molecule has 3 rings (SSSR count). The minimum absolute atomic E-state index is 0.00299. The van der Waals surface area contributed by atoms with Crippen LogP contribution in [-0.4, -0.2) is 26.7 Å².